The summed E-state index contributed by atoms with van der Waals surface area (Å²) in [6, 6.07) is 4.07. The summed E-state index contributed by atoms with van der Waals surface area (Å²) in [6.45, 7) is 5.49. The summed E-state index contributed by atoms with van der Waals surface area (Å²) in [6.07, 6.45) is 0.821. The summed E-state index contributed by atoms with van der Waals surface area (Å²) in [5.74, 6) is -0.764. The molecule has 0 aliphatic rings. The number of halogens is 1. The van der Waals surface area contributed by atoms with E-state index in [0.717, 1.165) is 0 Å². The minimum atomic E-state index is -0.501. The zero-order valence-electron chi connectivity index (χ0n) is 12.5. The second-order valence-electron chi connectivity index (χ2n) is 4.73. The van der Waals surface area contributed by atoms with E-state index in [9.17, 15) is 9.18 Å². The second kappa shape index (κ2) is 9.31. The van der Waals surface area contributed by atoms with Crippen LogP contribution in [0.5, 0.6) is 0 Å². The second-order valence-corrected chi connectivity index (χ2v) is 4.73. The third kappa shape index (κ3) is 7.06. The zero-order valence-corrected chi connectivity index (χ0v) is 12.5. The Bertz CT molecular complexity index is 455. The van der Waals surface area contributed by atoms with Gasteiger partial charge in [0.25, 0.3) is 0 Å². The van der Waals surface area contributed by atoms with Gasteiger partial charge in [-0.15, -0.1) is 0 Å². The fraction of sp³-hybridized carbons (Fsp3) is 0.533. The van der Waals surface area contributed by atoms with Gasteiger partial charge in [-0.2, -0.15) is 0 Å². The van der Waals surface area contributed by atoms with E-state index in [0.29, 0.717) is 31.9 Å². The standard InChI is InChI=1S/C15H23FN2O3/c1-3-20-10-11(2)21-8-4-5-15(19)18-14-9-12(17)6-7-13(14)16/h6-7,9,11H,3-5,8,10,17H2,1-2H3,(H,18,19). The first-order chi connectivity index (χ1) is 10.0. The highest BCUT2D eigenvalue weighted by atomic mass is 19.1. The Morgan fingerprint density at radius 3 is 2.95 bits per heavy atom. The van der Waals surface area contributed by atoms with Crippen molar-refractivity contribution in [1.82, 2.24) is 0 Å². The van der Waals surface area contributed by atoms with Crippen LogP contribution in [0.15, 0.2) is 18.2 Å². The number of hydrogen-bond acceptors (Lipinski definition) is 4. The van der Waals surface area contributed by atoms with Gasteiger partial charge in [-0.05, 0) is 38.5 Å². The molecule has 0 aliphatic carbocycles. The number of carbonyl (C=O) groups is 1. The minimum absolute atomic E-state index is 0.000577. The van der Waals surface area contributed by atoms with Crippen molar-refractivity contribution in [3.63, 3.8) is 0 Å². The van der Waals surface area contributed by atoms with Gasteiger partial charge in [0.05, 0.1) is 18.4 Å². The fourth-order valence-electron chi connectivity index (χ4n) is 1.70. The van der Waals surface area contributed by atoms with Crippen molar-refractivity contribution in [2.24, 2.45) is 0 Å². The van der Waals surface area contributed by atoms with Crippen molar-refractivity contribution in [3.05, 3.63) is 24.0 Å². The molecule has 0 bridgehead atoms. The molecule has 0 saturated heterocycles. The molecule has 1 aromatic rings. The highest BCUT2D eigenvalue weighted by Gasteiger charge is 2.08. The number of amides is 1. The summed E-state index contributed by atoms with van der Waals surface area (Å²) >= 11 is 0. The normalized spacial score (nSPS) is 12.1. The van der Waals surface area contributed by atoms with Gasteiger partial charge in [-0.25, -0.2) is 4.39 Å². The lowest BCUT2D eigenvalue weighted by Gasteiger charge is -2.12. The lowest BCUT2D eigenvalue weighted by molar-refractivity contribution is -0.116. The van der Waals surface area contributed by atoms with Crippen molar-refractivity contribution in [1.29, 1.82) is 0 Å². The van der Waals surface area contributed by atoms with Gasteiger partial charge in [-0.1, -0.05) is 0 Å². The summed E-state index contributed by atoms with van der Waals surface area (Å²) in [7, 11) is 0. The highest BCUT2D eigenvalue weighted by molar-refractivity contribution is 5.91. The first-order valence-corrected chi connectivity index (χ1v) is 7.07. The summed E-state index contributed by atoms with van der Waals surface area (Å²) in [5.41, 5.74) is 6.05. The predicted molar refractivity (Wildman–Crippen MR) is 80.6 cm³/mol. The van der Waals surface area contributed by atoms with Crippen LogP contribution in [-0.2, 0) is 14.3 Å². The first kappa shape index (κ1) is 17.4. The lowest BCUT2D eigenvalue weighted by atomic mass is 10.2. The van der Waals surface area contributed by atoms with Crippen molar-refractivity contribution in [2.75, 3.05) is 30.9 Å². The average Bonchev–Trinajstić information content (AvgIpc) is 2.45. The van der Waals surface area contributed by atoms with Gasteiger partial charge in [0, 0.05) is 25.3 Å². The van der Waals surface area contributed by atoms with E-state index in [2.05, 4.69) is 5.32 Å². The van der Waals surface area contributed by atoms with Gasteiger partial charge < -0.3 is 20.5 Å². The van der Waals surface area contributed by atoms with Crippen molar-refractivity contribution in [3.8, 4) is 0 Å². The monoisotopic (exact) mass is 298 g/mol. The summed E-state index contributed by atoms with van der Waals surface area (Å²) in [5, 5.41) is 2.50. The maximum atomic E-state index is 13.4. The Balaban J connectivity index is 2.24. The van der Waals surface area contributed by atoms with Gasteiger partial charge in [0.15, 0.2) is 0 Å². The molecule has 1 unspecified atom stereocenters. The van der Waals surface area contributed by atoms with E-state index >= 15 is 0 Å². The number of nitrogens with two attached hydrogens (primary N) is 1. The number of anilines is 2. The van der Waals surface area contributed by atoms with E-state index in [4.69, 9.17) is 15.2 Å². The zero-order chi connectivity index (χ0) is 15.7. The molecule has 0 fully saturated rings. The van der Waals surface area contributed by atoms with Crippen LogP contribution in [0.3, 0.4) is 0 Å². The molecule has 0 spiro atoms. The highest BCUT2D eigenvalue weighted by Crippen LogP contribution is 2.17. The fourth-order valence-corrected chi connectivity index (χ4v) is 1.70. The van der Waals surface area contributed by atoms with Crippen LogP contribution in [0.2, 0.25) is 0 Å². The maximum absolute atomic E-state index is 13.4. The number of benzene rings is 1. The van der Waals surface area contributed by atoms with Crippen LogP contribution < -0.4 is 11.1 Å². The summed E-state index contributed by atoms with van der Waals surface area (Å²) in [4.78, 5) is 11.7. The lowest BCUT2D eigenvalue weighted by Crippen LogP contribution is -2.18. The van der Waals surface area contributed by atoms with Crippen molar-refractivity contribution in [2.45, 2.75) is 32.8 Å². The van der Waals surface area contributed by atoms with Crippen LogP contribution in [0.25, 0.3) is 0 Å². The number of carbonyl (C=O) groups excluding carboxylic acids is 1. The minimum Gasteiger partial charge on any atom is -0.399 e. The maximum Gasteiger partial charge on any atom is 0.224 e. The molecule has 118 valence electrons. The van der Waals surface area contributed by atoms with Crippen LogP contribution in [0.1, 0.15) is 26.7 Å². The molecule has 0 aromatic heterocycles. The SMILES string of the molecule is CCOCC(C)OCCCC(=O)Nc1cc(N)ccc1F. The van der Waals surface area contributed by atoms with Crippen molar-refractivity contribution < 1.29 is 18.7 Å². The van der Waals surface area contributed by atoms with E-state index in [1.54, 1.807) is 0 Å². The molecular formula is C15H23FN2O3. The Hall–Kier alpha value is -1.66. The number of nitrogens with one attached hydrogen (secondary N) is 1. The quantitative estimate of drug-likeness (QED) is 0.543. The molecule has 1 amide bonds. The molecule has 0 heterocycles. The van der Waals surface area contributed by atoms with Crippen LogP contribution in [-0.4, -0.2) is 31.8 Å². The van der Waals surface area contributed by atoms with Crippen molar-refractivity contribution >= 4 is 17.3 Å². The summed E-state index contributed by atoms with van der Waals surface area (Å²) < 4.78 is 24.1. The molecule has 0 aliphatic heterocycles. The van der Waals surface area contributed by atoms with E-state index in [1.165, 1.54) is 18.2 Å². The predicted octanol–water partition coefficient (Wildman–Crippen LogP) is 2.57. The third-order valence-corrected chi connectivity index (χ3v) is 2.77. The smallest absolute Gasteiger partial charge is 0.224 e. The van der Waals surface area contributed by atoms with Gasteiger partial charge in [-0.3, -0.25) is 4.79 Å². The Kier molecular flexibility index (Phi) is 7.71. The number of rotatable bonds is 9. The largest absolute Gasteiger partial charge is 0.399 e. The van der Waals surface area contributed by atoms with Crippen LogP contribution in [0, 0.1) is 5.82 Å². The number of nitrogen functional groups attached to an aromatic ring is 1. The number of ether oxygens (including phenoxy) is 2. The Morgan fingerprint density at radius 1 is 1.48 bits per heavy atom. The van der Waals surface area contributed by atoms with Crippen LogP contribution in [0.4, 0.5) is 15.8 Å². The molecular weight excluding hydrogens is 275 g/mol. The molecule has 5 nitrogen and oxygen atoms in total. The molecule has 0 radical (unpaired) electrons. The average molecular weight is 298 g/mol. The van der Waals surface area contributed by atoms with E-state index < -0.39 is 5.82 Å². The number of hydrogen-bond donors (Lipinski definition) is 2. The molecule has 1 rings (SSSR count). The Morgan fingerprint density at radius 2 is 2.24 bits per heavy atom. The molecule has 6 heteroatoms. The topological polar surface area (TPSA) is 73.6 Å². The molecule has 0 saturated carbocycles. The van der Waals surface area contributed by atoms with E-state index in [1.807, 2.05) is 13.8 Å². The molecule has 21 heavy (non-hydrogen) atoms. The molecule has 1 aromatic carbocycles. The van der Waals surface area contributed by atoms with Gasteiger partial charge in [0.1, 0.15) is 5.82 Å². The van der Waals surface area contributed by atoms with E-state index in [-0.39, 0.29) is 24.1 Å². The first-order valence-electron chi connectivity index (χ1n) is 7.07. The third-order valence-electron chi connectivity index (χ3n) is 2.77. The molecule has 1 atom stereocenters. The Labute approximate surface area is 124 Å². The van der Waals surface area contributed by atoms with Crippen LogP contribution >= 0.6 is 0 Å². The van der Waals surface area contributed by atoms with Gasteiger partial charge >= 0.3 is 0 Å². The van der Waals surface area contributed by atoms with Gasteiger partial charge in [0.2, 0.25) is 5.91 Å². The molecule has 3 N–H and O–H groups in total.